The van der Waals surface area contributed by atoms with Crippen LogP contribution in [0, 0.1) is 0 Å². The number of nitrogens with one attached hydrogen (secondary N) is 4. The van der Waals surface area contributed by atoms with E-state index in [4.69, 9.17) is 29.3 Å². The van der Waals surface area contributed by atoms with Gasteiger partial charge in [0.15, 0.2) is 0 Å². The smallest absolute Gasteiger partial charge is 0.490 e. The minimum absolute atomic E-state index is 0.0567. The van der Waals surface area contributed by atoms with Gasteiger partial charge in [-0.05, 0) is 90.9 Å². The average Bonchev–Trinajstić information content (AvgIpc) is 3.41. The van der Waals surface area contributed by atoms with Crippen LogP contribution in [0.15, 0.2) is 126 Å². The van der Waals surface area contributed by atoms with Gasteiger partial charge < -0.3 is 55.3 Å². The standard InChI is InChI=1S/C51H56N6O8.2C2HF3O2/c1-33(52-32-45(59)41-17-19-44(58)50-42(41)18-21-47(60)55-50)28-36-29-34(16-20-46(36)64-3)30-48(61)53-37-12-9-13-38(31-37)56(2)49(62)24-27-57-25-22-39(23-26-57)65-51(63)54-43-15-8-7-14-40(43)35-10-5-4-6-11-35;2*3-2(4,5)1(6)7/h4-21,29,31,33,39,45,52,58-59H,22-28,30,32H2,1-3H3,(H,53,61)(H,54,63)(H,55,60);2*(H,6,7)/t33?,45-;;/m0../s1. The number of aliphatic hydroxyl groups excluding tert-OH is 1. The van der Waals surface area contributed by atoms with Gasteiger partial charge in [0, 0.05) is 74.1 Å². The highest BCUT2D eigenvalue weighted by molar-refractivity contribution is 5.96. The number of halogens is 6. The number of para-hydroxylation sites is 1. The Morgan fingerprint density at radius 1 is 0.810 bits per heavy atom. The van der Waals surface area contributed by atoms with E-state index in [1.54, 1.807) is 49.4 Å². The second-order valence-electron chi connectivity index (χ2n) is 18.0. The second kappa shape index (κ2) is 28.2. The zero-order valence-corrected chi connectivity index (χ0v) is 42.9. The number of aliphatic carboxylic acids is 2. The number of alkyl halides is 6. The highest BCUT2D eigenvalue weighted by Crippen LogP contribution is 2.31. The monoisotopic (exact) mass is 1110 g/mol. The number of H-pyrrole nitrogens is 1. The third kappa shape index (κ3) is 18.9. The molecule has 0 spiro atoms. The fraction of sp³-hybridized carbons (Fsp3) is 0.309. The molecule has 0 radical (unpaired) electrons. The number of carboxylic acid groups (broad SMARTS) is 2. The third-order valence-electron chi connectivity index (χ3n) is 12.2. The fourth-order valence-corrected chi connectivity index (χ4v) is 8.23. The molecule has 1 aromatic heterocycles. The van der Waals surface area contributed by atoms with Crippen LogP contribution < -0.4 is 31.1 Å². The molecule has 2 heterocycles. The van der Waals surface area contributed by atoms with Gasteiger partial charge in [-0.1, -0.05) is 72.8 Å². The summed E-state index contributed by atoms with van der Waals surface area (Å²) in [6.07, 6.45) is -9.46. The molecule has 18 nitrogen and oxygen atoms in total. The minimum Gasteiger partial charge on any atom is -0.506 e. The molecule has 2 atom stereocenters. The first-order valence-corrected chi connectivity index (χ1v) is 24.4. The lowest BCUT2D eigenvalue weighted by molar-refractivity contribution is -0.193. The second-order valence-corrected chi connectivity index (χ2v) is 18.0. The number of fused-ring (bicyclic) bond motifs is 1. The molecule has 7 rings (SSSR count). The molecule has 0 bridgehead atoms. The topological polar surface area (TPSA) is 260 Å². The molecule has 0 saturated carbocycles. The summed E-state index contributed by atoms with van der Waals surface area (Å²) in [5.41, 5.74) is 6.03. The molecule has 1 aliphatic rings. The molecule has 5 aromatic carbocycles. The van der Waals surface area contributed by atoms with E-state index in [1.807, 2.05) is 85.8 Å². The summed E-state index contributed by atoms with van der Waals surface area (Å²) in [5.74, 6) is -5.18. The first-order valence-electron chi connectivity index (χ1n) is 24.4. The van der Waals surface area contributed by atoms with Gasteiger partial charge in [0.1, 0.15) is 17.6 Å². The number of piperidine rings is 1. The third-order valence-corrected chi connectivity index (χ3v) is 12.2. The molecule has 8 N–H and O–H groups in total. The number of amides is 3. The van der Waals surface area contributed by atoms with Gasteiger partial charge in [0.05, 0.1) is 30.8 Å². The van der Waals surface area contributed by atoms with Crippen LogP contribution in [-0.4, -0.2) is 125 Å². The number of carbonyl (C=O) groups excluding carboxylic acids is 3. The predicted octanol–water partition coefficient (Wildman–Crippen LogP) is 8.68. The van der Waals surface area contributed by atoms with Gasteiger partial charge in [-0.25, -0.2) is 14.4 Å². The van der Waals surface area contributed by atoms with Crippen molar-refractivity contribution in [1.82, 2.24) is 15.2 Å². The van der Waals surface area contributed by atoms with Crippen LogP contribution in [-0.2, 0) is 36.8 Å². The Hall–Kier alpha value is -8.48. The van der Waals surface area contributed by atoms with Crippen LogP contribution in [0.1, 0.15) is 49.0 Å². The number of likely N-dealkylation sites (tertiary alicyclic amines) is 1. The first kappa shape index (κ1) is 61.4. The summed E-state index contributed by atoms with van der Waals surface area (Å²) < 4.78 is 74.9. The largest absolute Gasteiger partial charge is 0.506 e. The lowest BCUT2D eigenvalue weighted by Gasteiger charge is -2.31. The van der Waals surface area contributed by atoms with Gasteiger partial charge in [0.25, 0.3) is 0 Å². The maximum absolute atomic E-state index is 13.3. The number of rotatable bonds is 17. The number of methoxy groups -OCH3 is 1. The Labute approximate surface area is 448 Å². The van der Waals surface area contributed by atoms with E-state index in [9.17, 15) is 55.7 Å². The molecule has 79 heavy (non-hydrogen) atoms. The van der Waals surface area contributed by atoms with Crippen molar-refractivity contribution in [2.75, 3.05) is 55.9 Å². The SMILES string of the molecule is COc1ccc(CC(=O)Nc2cccc(N(C)C(=O)CCN3CCC(OC(=O)Nc4ccccc4-c4ccccc4)CC3)c2)cc1CC(C)NC[C@H](O)c1ccc(O)c2[nH]c(=O)ccc12.O=C(O)C(F)(F)F.O=C(O)C(F)(F)F. The van der Waals surface area contributed by atoms with Crippen LogP contribution >= 0.6 is 0 Å². The zero-order valence-electron chi connectivity index (χ0n) is 42.9. The lowest BCUT2D eigenvalue weighted by atomic mass is 10.00. The van der Waals surface area contributed by atoms with E-state index >= 15 is 0 Å². The van der Waals surface area contributed by atoms with Crippen molar-refractivity contribution in [3.63, 3.8) is 0 Å². The molecular weight excluding hydrogens is 1050 g/mol. The number of ether oxygens (including phenoxy) is 2. The van der Waals surface area contributed by atoms with Gasteiger partial charge in [0.2, 0.25) is 17.4 Å². The number of aromatic hydroxyl groups is 1. The number of anilines is 3. The number of benzene rings is 5. The molecule has 1 fully saturated rings. The summed E-state index contributed by atoms with van der Waals surface area (Å²) in [6.45, 7) is 4.19. The van der Waals surface area contributed by atoms with E-state index in [0.29, 0.717) is 79.1 Å². The number of hydrogen-bond acceptors (Lipinski definition) is 12. The van der Waals surface area contributed by atoms with Crippen LogP contribution in [0.25, 0.3) is 22.0 Å². The van der Waals surface area contributed by atoms with Crippen molar-refractivity contribution >= 4 is 57.8 Å². The summed E-state index contributed by atoms with van der Waals surface area (Å²) in [6, 6.07) is 36.3. The Morgan fingerprint density at radius 3 is 2.10 bits per heavy atom. The highest BCUT2D eigenvalue weighted by atomic mass is 19.4. The van der Waals surface area contributed by atoms with E-state index in [-0.39, 0.29) is 53.8 Å². The van der Waals surface area contributed by atoms with E-state index in [1.165, 1.54) is 12.1 Å². The van der Waals surface area contributed by atoms with Crippen molar-refractivity contribution in [2.45, 2.75) is 69.6 Å². The van der Waals surface area contributed by atoms with Gasteiger partial charge in [-0.3, -0.25) is 19.7 Å². The number of phenolic OH excluding ortho intramolecular Hbond substituents is 1. The molecule has 1 aliphatic heterocycles. The molecule has 1 unspecified atom stereocenters. The molecule has 3 amide bonds. The summed E-state index contributed by atoms with van der Waals surface area (Å²) in [4.78, 5) is 75.5. The number of hydrogen-bond donors (Lipinski definition) is 8. The maximum Gasteiger partial charge on any atom is 0.490 e. The number of nitrogens with zero attached hydrogens (tertiary/aromatic N) is 2. The van der Waals surface area contributed by atoms with Crippen molar-refractivity contribution in [2.24, 2.45) is 0 Å². The van der Waals surface area contributed by atoms with Crippen molar-refractivity contribution in [3.8, 4) is 22.6 Å². The quantitative estimate of drug-likeness (QED) is 0.0398. The van der Waals surface area contributed by atoms with Crippen molar-refractivity contribution in [1.29, 1.82) is 0 Å². The molecule has 422 valence electrons. The number of pyridine rings is 1. The molecule has 24 heteroatoms. The summed E-state index contributed by atoms with van der Waals surface area (Å²) >= 11 is 0. The maximum atomic E-state index is 13.3. The number of carboxylic acids is 2. The van der Waals surface area contributed by atoms with Gasteiger partial charge in [-0.15, -0.1) is 0 Å². The van der Waals surface area contributed by atoms with E-state index in [0.717, 1.165) is 22.3 Å². The molecule has 0 aliphatic carbocycles. The highest BCUT2D eigenvalue weighted by Gasteiger charge is 2.39. The lowest BCUT2D eigenvalue weighted by Crippen LogP contribution is -2.40. The van der Waals surface area contributed by atoms with E-state index < -0.39 is 36.5 Å². The molecule has 6 aromatic rings. The van der Waals surface area contributed by atoms with Crippen LogP contribution in [0.5, 0.6) is 11.5 Å². The fourth-order valence-electron chi connectivity index (χ4n) is 8.23. The Kier molecular flexibility index (Phi) is 21.9. The van der Waals surface area contributed by atoms with Crippen molar-refractivity contribution in [3.05, 3.63) is 148 Å². The number of aromatic nitrogens is 1. The minimum atomic E-state index is -5.08. The first-order chi connectivity index (χ1) is 37.3. The summed E-state index contributed by atoms with van der Waals surface area (Å²) in [7, 11) is 3.32. The number of aliphatic hydroxyl groups is 1. The number of carbonyl (C=O) groups is 5. The van der Waals surface area contributed by atoms with Crippen LogP contribution in [0.2, 0.25) is 0 Å². The predicted molar refractivity (Wildman–Crippen MR) is 281 cm³/mol. The average molecular weight is 1110 g/mol. The summed E-state index contributed by atoms with van der Waals surface area (Å²) in [5, 5.41) is 45.3. The Bertz CT molecular complexity index is 3090. The van der Waals surface area contributed by atoms with Gasteiger partial charge >= 0.3 is 30.4 Å². The Balaban J connectivity index is 0.000000725. The Morgan fingerprint density at radius 2 is 1.46 bits per heavy atom. The number of aromatic amines is 1. The normalized spacial score (nSPS) is 13.5. The zero-order chi connectivity index (χ0) is 58.0. The van der Waals surface area contributed by atoms with Crippen molar-refractivity contribution < 1.29 is 80.2 Å². The van der Waals surface area contributed by atoms with Gasteiger partial charge in [-0.2, -0.15) is 26.3 Å². The molecule has 1 saturated heterocycles. The van der Waals surface area contributed by atoms with Crippen LogP contribution in [0.4, 0.5) is 48.2 Å². The van der Waals surface area contributed by atoms with E-state index in [2.05, 4.69) is 25.8 Å². The van der Waals surface area contributed by atoms with Crippen LogP contribution in [0.3, 0.4) is 0 Å². The molecular formula is C55H58F6N6O12. The number of phenols is 1.